The molecule has 0 aromatic heterocycles. The van der Waals surface area contributed by atoms with Crippen LogP contribution >= 0.6 is 12.2 Å². The molecule has 1 saturated heterocycles. The predicted octanol–water partition coefficient (Wildman–Crippen LogP) is 1.08. The van der Waals surface area contributed by atoms with Crippen LogP contribution in [0.15, 0.2) is 0 Å². The van der Waals surface area contributed by atoms with Crippen molar-refractivity contribution in [2.75, 3.05) is 6.54 Å². The van der Waals surface area contributed by atoms with Gasteiger partial charge in [0.25, 0.3) is 0 Å². The van der Waals surface area contributed by atoms with Crippen LogP contribution in [0.25, 0.3) is 0 Å². The second-order valence-corrected chi connectivity index (χ2v) is 5.45. The molecule has 1 fully saturated rings. The van der Waals surface area contributed by atoms with Crippen LogP contribution in [0.4, 0.5) is 0 Å². The summed E-state index contributed by atoms with van der Waals surface area (Å²) in [7, 11) is 0. The van der Waals surface area contributed by atoms with E-state index in [0.29, 0.717) is 11.5 Å². The van der Waals surface area contributed by atoms with Gasteiger partial charge in [-0.15, -0.1) is 0 Å². The Labute approximate surface area is 108 Å². The highest BCUT2D eigenvalue weighted by Crippen LogP contribution is 2.32. The molecule has 98 valence electrons. The zero-order valence-corrected chi connectivity index (χ0v) is 11.7. The molecule has 1 heterocycles. The number of carbonyl (C=O) groups is 1. The molecule has 1 amide bonds. The average molecular weight is 258 g/mol. The van der Waals surface area contributed by atoms with Gasteiger partial charge >= 0.3 is 0 Å². The number of nitrogens with one attached hydrogen (secondary N) is 1. The Morgan fingerprint density at radius 3 is 2.41 bits per heavy atom. The van der Waals surface area contributed by atoms with E-state index in [0.717, 1.165) is 0 Å². The number of ether oxygens (including phenoxy) is 1. The highest BCUT2D eigenvalue weighted by Gasteiger charge is 2.41. The van der Waals surface area contributed by atoms with Crippen molar-refractivity contribution in [2.45, 2.75) is 39.9 Å². The van der Waals surface area contributed by atoms with Crippen LogP contribution < -0.4 is 11.1 Å². The molecule has 0 bridgehead atoms. The van der Waals surface area contributed by atoms with Crippen LogP contribution in [-0.2, 0) is 9.53 Å². The molecule has 0 aromatic rings. The van der Waals surface area contributed by atoms with E-state index in [4.69, 9.17) is 22.7 Å². The van der Waals surface area contributed by atoms with E-state index in [9.17, 15) is 4.79 Å². The second-order valence-electron chi connectivity index (χ2n) is 4.98. The van der Waals surface area contributed by atoms with Crippen molar-refractivity contribution in [3.8, 4) is 0 Å². The largest absolute Gasteiger partial charge is 0.393 e. The maximum absolute atomic E-state index is 12.1. The summed E-state index contributed by atoms with van der Waals surface area (Å²) in [6, 6.07) is 0. The van der Waals surface area contributed by atoms with Gasteiger partial charge < -0.3 is 15.8 Å². The number of hydrogen-bond acceptors (Lipinski definition) is 3. The fraction of sp³-hybridized carbons (Fsp3) is 0.833. The van der Waals surface area contributed by atoms with E-state index in [-0.39, 0.29) is 35.9 Å². The fourth-order valence-corrected chi connectivity index (χ4v) is 2.27. The smallest absolute Gasteiger partial charge is 0.226 e. The van der Waals surface area contributed by atoms with E-state index >= 15 is 0 Å². The number of amides is 1. The molecular formula is C12H22N2O2S. The fourth-order valence-electron chi connectivity index (χ4n) is 2.19. The van der Waals surface area contributed by atoms with Crippen molar-refractivity contribution in [1.29, 1.82) is 0 Å². The number of nitrogens with two attached hydrogens (primary N) is 1. The molecule has 4 nitrogen and oxygen atoms in total. The van der Waals surface area contributed by atoms with Gasteiger partial charge in [-0.1, -0.05) is 26.1 Å². The molecule has 0 spiro atoms. The van der Waals surface area contributed by atoms with Gasteiger partial charge in [0.2, 0.25) is 5.91 Å². The van der Waals surface area contributed by atoms with Crippen molar-refractivity contribution >= 4 is 23.1 Å². The summed E-state index contributed by atoms with van der Waals surface area (Å²) < 4.78 is 5.65. The van der Waals surface area contributed by atoms with E-state index in [1.54, 1.807) is 0 Å². The lowest BCUT2D eigenvalue weighted by atomic mass is 9.89. The lowest BCUT2D eigenvalue weighted by Crippen LogP contribution is -2.41. The monoisotopic (exact) mass is 258 g/mol. The predicted molar refractivity (Wildman–Crippen MR) is 71.6 cm³/mol. The SMILES string of the molecule is CC(CNC(=O)C1C(C)OC(C)C1C)C(N)=S. The third kappa shape index (κ3) is 3.39. The topological polar surface area (TPSA) is 64.3 Å². The Morgan fingerprint density at radius 1 is 1.41 bits per heavy atom. The quantitative estimate of drug-likeness (QED) is 0.741. The van der Waals surface area contributed by atoms with Crippen LogP contribution in [0, 0.1) is 17.8 Å². The van der Waals surface area contributed by atoms with Crippen LogP contribution in [-0.4, -0.2) is 29.6 Å². The Kier molecular flexibility index (Phi) is 4.89. The molecule has 0 radical (unpaired) electrons. The van der Waals surface area contributed by atoms with Gasteiger partial charge in [-0.2, -0.15) is 0 Å². The number of thiocarbonyl (C=S) groups is 1. The molecule has 0 saturated carbocycles. The Hall–Kier alpha value is -0.680. The molecule has 0 aromatic carbocycles. The highest BCUT2D eigenvalue weighted by molar-refractivity contribution is 7.80. The van der Waals surface area contributed by atoms with Gasteiger partial charge in [0, 0.05) is 12.5 Å². The minimum absolute atomic E-state index is 0.0271. The molecule has 3 N–H and O–H groups in total. The Balaban J connectivity index is 2.50. The third-order valence-electron chi connectivity index (χ3n) is 3.61. The minimum Gasteiger partial charge on any atom is -0.393 e. The molecule has 1 aliphatic rings. The summed E-state index contributed by atoms with van der Waals surface area (Å²) >= 11 is 4.87. The first kappa shape index (κ1) is 14.4. The van der Waals surface area contributed by atoms with Crippen LogP contribution in [0.3, 0.4) is 0 Å². The lowest BCUT2D eigenvalue weighted by Gasteiger charge is -2.19. The van der Waals surface area contributed by atoms with Gasteiger partial charge in [-0.25, -0.2) is 0 Å². The van der Waals surface area contributed by atoms with E-state index in [1.807, 2.05) is 20.8 Å². The first-order valence-corrected chi connectivity index (χ1v) is 6.48. The molecule has 1 aliphatic heterocycles. The van der Waals surface area contributed by atoms with Crippen molar-refractivity contribution < 1.29 is 9.53 Å². The number of hydrogen-bond donors (Lipinski definition) is 2. The van der Waals surface area contributed by atoms with E-state index in [1.165, 1.54) is 0 Å². The third-order valence-corrected chi connectivity index (χ3v) is 4.02. The summed E-state index contributed by atoms with van der Waals surface area (Å²) in [5.74, 6) is 0.227. The number of rotatable bonds is 4. The average Bonchev–Trinajstić information content (AvgIpc) is 2.49. The van der Waals surface area contributed by atoms with Gasteiger partial charge in [-0.3, -0.25) is 4.79 Å². The van der Waals surface area contributed by atoms with Crippen LogP contribution in [0.1, 0.15) is 27.7 Å². The van der Waals surface area contributed by atoms with Gasteiger partial charge in [0.05, 0.1) is 23.1 Å². The molecule has 17 heavy (non-hydrogen) atoms. The van der Waals surface area contributed by atoms with Gasteiger partial charge in [0.1, 0.15) is 0 Å². The van der Waals surface area contributed by atoms with E-state index in [2.05, 4.69) is 12.2 Å². The molecule has 5 atom stereocenters. The first-order valence-electron chi connectivity index (χ1n) is 6.07. The van der Waals surface area contributed by atoms with Crippen molar-refractivity contribution in [2.24, 2.45) is 23.5 Å². The van der Waals surface area contributed by atoms with Crippen molar-refractivity contribution in [3.05, 3.63) is 0 Å². The molecule has 5 unspecified atom stereocenters. The molecule has 5 heteroatoms. The van der Waals surface area contributed by atoms with Gasteiger partial charge in [-0.05, 0) is 19.8 Å². The van der Waals surface area contributed by atoms with Gasteiger partial charge in [0.15, 0.2) is 0 Å². The molecule has 0 aliphatic carbocycles. The summed E-state index contributed by atoms with van der Waals surface area (Å²) in [6.07, 6.45) is 0.105. The van der Waals surface area contributed by atoms with Crippen LogP contribution in [0.2, 0.25) is 0 Å². The number of carbonyl (C=O) groups excluding carboxylic acids is 1. The summed E-state index contributed by atoms with van der Waals surface area (Å²) in [6.45, 7) is 8.41. The normalized spacial score (nSPS) is 34.4. The summed E-state index contributed by atoms with van der Waals surface area (Å²) in [5.41, 5.74) is 5.51. The maximum Gasteiger partial charge on any atom is 0.226 e. The standard InChI is InChI=1S/C12H22N2O2S/c1-6(11(13)17)5-14-12(15)10-7(2)8(3)16-9(10)4/h6-10H,5H2,1-4H3,(H2,13,17)(H,14,15). The maximum atomic E-state index is 12.1. The zero-order chi connectivity index (χ0) is 13.2. The molecular weight excluding hydrogens is 236 g/mol. The van der Waals surface area contributed by atoms with E-state index < -0.39 is 0 Å². The van der Waals surface area contributed by atoms with Crippen molar-refractivity contribution in [1.82, 2.24) is 5.32 Å². The lowest BCUT2D eigenvalue weighted by molar-refractivity contribution is -0.127. The second kappa shape index (κ2) is 5.78. The summed E-state index contributed by atoms with van der Waals surface area (Å²) in [4.78, 5) is 12.5. The Bertz CT molecular complexity index is 309. The highest BCUT2D eigenvalue weighted by atomic mass is 32.1. The first-order chi connectivity index (χ1) is 7.84. The summed E-state index contributed by atoms with van der Waals surface area (Å²) in [5, 5.41) is 2.90. The van der Waals surface area contributed by atoms with Crippen LogP contribution in [0.5, 0.6) is 0 Å². The zero-order valence-electron chi connectivity index (χ0n) is 10.9. The minimum atomic E-state index is -0.0801. The molecule has 1 rings (SSSR count). The Morgan fingerprint density at radius 2 is 2.00 bits per heavy atom. The van der Waals surface area contributed by atoms with Crippen molar-refractivity contribution in [3.63, 3.8) is 0 Å².